The van der Waals surface area contributed by atoms with Crippen LogP contribution < -0.4 is 4.74 Å². The van der Waals surface area contributed by atoms with Gasteiger partial charge in [-0.25, -0.2) is 4.98 Å². The second kappa shape index (κ2) is 7.69. The van der Waals surface area contributed by atoms with Crippen LogP contribution in [0.1, 0.15) is 48.8 Å². The molecule has 2 heterocycles. The van der Waals surface area contributed by atoms with Gasteiger partial charge in [0.1, 0.15) is 23.5 Å². The smallest absolute Gasteiger partial charge is 0.213 e. The van der Waals surface area contributed by atoms with E-state index >= 15 is 0 Å². The van der Waals surface area contributed by atoms with Crippen LogP contribution in [0, 0.1) is 18.3 Å². The normalized spacial score (nSPS) is 19.1. The van der Waals surface area contributed by atoms with Crippen LogP contribution in [-0.4, -0.2) is 31.0 Å². The first kappa shape index (κ1) is 18.0. The van der Waals surface area contributed by atoms with E-state index in [0.29, 0.717) is 17.4 Å². The second-order valence-corrected chi connectivity index (χ2v) is 7.05. The highest BCUT2D eigenvalue weighted by atomic mass is 16.5. The molecule has 7 nitrogen and oxygen atoms in total. The van der Waals surface area contributed by atoms with E-state index in [2.05, 4.69) is 25.8 Å². The number of aromatic nitrogens is 4. The van der Waals surface area contributed by atoms with E-state index in [4.69, 9.17) is 10.00 Å². The molecule has 1 fully saturated rings. The third-order valence-electron chi connectivity index (χ3n) is 5.15. The fourth-order valence-electron chi connectivity index (χ4n) is 3.70. The summed E-state index contributed by atoms with van der Waals surface area (Å²) in [6.07, 6.45) is 5.23. The first-order valence-electron chi connectivity index (χ1n) is 9.38. The molecule has 4 rings (SSSR count). The molecule has 1 aliphatic carbocycles. The maximum Gasteiger partial charge on any atom is 0.213 e. The van der Waals surface area contributed by atoms with Gasteiger partial charge in [0.2, 0.25) is 5.88 Å². The van der Waals surface area contributed by atoms with Crippen molar-refractivity contribution in [2.45, 2.75) is 44.6 Å². The van der Waals surface area contributed by atoms with Crippen LogP contribution in [0.3, 0.4) is 0 Å². The number of hydrogen-bond donors (Lipinski definition) is 1. The van der Waals surface area contributed by atoms with E-state index in [1.165, 1.54) is 6.20 Å². The highest BCUT2D eigenvalue weighted by Gasteiger charge is 2.28. The van der Waals surface area contributed by atoms with Crippen molar-refractivity contribution in [3.05, 3.63) is 59.8 Å². The van der Waals surface area contributed by atoms with Gasteiger partial charge in [0.15, 0.2) is 0 Å². The minimum Gasteiger partial charge on any atom is -0.506 e. The summed E-state index contributed by atoms with van der Waals surface area (Å²) in [5.41, 5.74) is 1.61. The van der Waals surface area contributed by atoms with Gasteiger partial charge in [-0.05, 0) is 62.9 Å². The van der Waals surface area contributed by atoms with Crippen molar-refractivity contribution in [3.63, 3.8) is 0 Å². The van der Waals surface area contributed by atoms with Gasteiger partial charge in [-0.1, -0.05) is 0 Å². The van der Waals surface area contributed by atoms with Crippen molar-refractivity contribution in [2.75, 3.05) is 0 Å². The Bertz CT molecular complexity index is 981. The molecule has 2 aromatic heterocycles. The monoisotopic (exact) mass is 375 g/mol. The number of nitriles is 1. The molecule has 0 atom stereocenters. The maximum absolute atomic E-state index is 9.33. The minimum absolute atomic E-state index is 0.112. The highest BCUT2D eigenvalue weighted by Crippen LogP contribution is 2.35. The lowest BCUT2D eigenvalue weighted by molar-refractivity contribution is 0.138. The van der Waals surface area contributed by atoms with Gasteiger partial charge in [0, 0.05) is 17.7 Å². The highest BCUT2D eigenvalue weighted by molar-refractivity contribution is 5.41. The standard InChI is InChI=1S/C21H21N5O2/c1-14-24-25-21(26(14)17-6-2-15(12-22)3-7-17)16-4-9-19(10-5-16)28-20-11-8-18(27)13-23-20/h2-3,6-8,11,13,16,19,27H,4-5,9-10H2,1H3. The number of aryl methyl sites for hydroxylation is 1. The summed E-state index contributed by atoms with van der Waals surface area (Å²) in [6, 6.07) is 12.9. The Hall–Kier alpha value is -3.40. The van der Waals surface area contributed by atoms with Gasteiger partial charge >= 0.3 is 0 Å². The van der Waals surface area contributed by atoms with Crippen LogP contribution in [0.4, 0.5) is 0 Å². The third kappa shape index (κ3) is 3.67. The van der Waals surface area contributed by atoms with Crippen molar-refractivity contribution in [3.8, 4) is 23.4 Å². The second-order valence-electron chi connectivity index (χ2n) is 7.05. The largest absolute Gasteiger partial charge is 0.506 e. The number of ether oxygens (including phenoxy) is 1. The topological polar surface area (TPSA) is 96.8 Å². The summed E-state index contributed by atoms with van der Waals surface area (Å²) in [4.78, 5) is 4.10. The Labute approximate surface area is 163 Å². The van der Waals surface area contributed by atoms with Crippen LogP contribution in [0.2, 0.25) is 0 Å². The quantitative estimate of drug-likeness (QED) is 0.747. The van der Waals surface area contributed by atoms with E-state index in [9.17, 15) is 5.11 Å². The molecule has 1 saturated carbocycles. The summed E-state index contributed by atoms with van der Waals surface area (Å²) in [5, 5.41) is 27.1. The zero-order valence-corrected chi connectivity index (χ0v) is 15.6. The summed E-state index contributed by atoms with van der Waals surface area (Å²) < 4.78 is 8.02. The van der Waals surface area contributed by atoms with Crippen LogP contribution in [0.15, 0.2) is 42.6 Å². The molecule has 1 aromatic carbocycles. The zero-order valence-electron chi connectivity index (χ0n) is 15.6. The molecule has 0 spiro atoms. The lowest BCUT2D eigenvalue weighted by atomic mass is 9.86. The van der Waals surface area contributed by atoms with Crippen molar-refractivity contribution in [1.29, 1.82) is 5.26 Å². The van der Waals surface area contributed by atoms with Crippen LogP contribution in [0.25, 0.3) is 5.69 Å². The fraction of sp³-hybridized carbons (Fsp3) is 0.333. The molecule has 0 bridgehead atoms. The first-order chi connectivity index (χ1) is 13.6. The molecule has 28 heavy (non-hydrogen) atoms. The maximum atomic E-state index is 9.33. The van der Waals surface area contributed by atoms with Crippen LogP contribution >= 0.6 is 0 Å². The summed E-state index contributed by atoms with van der Waals surface area (Å²) >= 11 is 0. The third-order valence-corrected chi connectivity index (χ3v) is 5.15. The molecule has 142 valence electrons. The Kier molecular flexibility index (Phi) is 4.94. The number of nitrogens with zero attached hydrogens (tertiary/aromatic N) is 5. The summed E-state index contributed by atoms with van der Waals surface area (Å²) in [7, 11) is 0. The molecule has 0 saturated heterocycles. The zero-order chi connectivity index (χ0) is 19.5. The molecule has 0 radical (unpaired) electrons. The number of pyridine rings is 1. The summed E-state index contributed by atoms with van der Waals surface area (Å²) in [6.45, 7) is 1.94. The van der Waals surface area contributed by atoms with Crippen LogP contribution in [0.5, 0.6) is 11.6 Å². The lowest BCUT2D eigenvalue weighted by Gasteiger charge is -2.28. The number of rotatable bonds is 4. The lowest BCUT2D eigenvalue weighted by Crippen LogP contribution is -2.25. The van der Waals surface area contributed by atoms with Gasteiger partial charge in [0.25, 0.3) is 0 Å². The molecular weight excluding hydrogens is 354 g/mol. The van der Waals surface area contributed by atoms with Gasteiger partial charge < -0.3 is 9.84 Å². The fourth-order valence-corrected chi connectivity index (χ4v) is 3.70. The molecule has 7 heteroatoms. The van der Waals surface area contributed by atoms with Gasteiger partial charge in [0.05, 0.1) is 17.8 Å². The molecule has 0 amide bonds. The van der Waals surface area contributed by atoms with E-state index in [-0.39, 0.29) is 11.9 Å². The van der Waals surface area contributed by atoms with Gasteiger partial charge in [-0.15, -0.1) is 10.2 Å². The Morgan fingerprint density at radius 3 is 2.46 bits per heavy atom. The van der Waals surface area contributed by atoms with Crippen molar-refractivity contribution in [2.24, 2.45) is 0 Å². The Morgan fingerprint density at radius 1 is 1.07 bits per heavy atom. The van der Waals surface area contributed by atoms with Gasteiger partial charge in [-0.2, -0.15) is 5.26 Å². The van der Waals surface area contributed by atoms with Crippen molar-refractivity contribution < 1.29 is 9.84 Å². The molecule has 0 aliphatic heterocycles. The molecule has 3 aromatic rings. The molecule has 0 unspecified atom stereocenters. The number of benzene rings is 1. The van der Waals surface area contributed by atoms with E-state index < -0.39 is 0 Å². The number of aromatic hydroxyl groups is 1. The van der Waals surface area contributed by atoms with Crippen LogP contribution in [-0.2, 0) is 0 Å². The molecule has 1 N–H and O–H groups in total. The predicted molar refractivity (Wildman–Crippen MR) is 102 cm³/mol. The van der Waals surface area contributed by atoms with E-state index in [0.717, 1.165) is 43.0 Å². The van der Waals surface area contributed by atoms with Crippen molar-refractivity contribution in [1.82, 2.24) is 19.7 Å². The minimum atomic E-state index is 0.112. The first-order valence-corrected chi connectivity index (χ1v) is 9.38. The van der Waals surface area contributed by atoms with E-state index in [1.54, 1.807) is 12.1 Å². The average molecular weight is 375 g/mol. The summed E-state index contributed by atoms with van der Waals surface area (Å²) in [5.74, 6) is 2.78. The molecule has 1 aliphatic rings. The number of hydrogen-bond acceptors (Lipinski definition) is 6. The SMILES string of the molecule is Cc1nnc(C2CCC(Oc3ccc(O)cn3)CC2)n1-c1ccc(C#N)cc1. The average Bonchev–Trinajstić information content (AvgIpc) is 3.12. The predicted octanol–water partition coefficient (Wildman–Crippen LogP) is 3.65. The van der Waals surface area contributed by atoms with E-state index in [1.807, 2.05) is 31.2 Å². The molecular formula is C21H21N5O2. The van der Waals surface area contributed by atoms with Crippen molar-refractivity contribution >= 4 is 0 Å². The van der Waals surface area contributed by atoms with Gasteiger partial charge in [-0.3, -0.25) is 4.57 Å². The Balaban J connectivity index is 1.46. The Morgan fingerprint density at radius 2 is 1.82 bits per heavy atom.